The molecule has 100 valence electrons. The van der Waals surface area contributed by atoms with Crippen LogP contribution in [0.3, 0.4) is 0 Å². The monoisotopic (exact) mass is 259 g/mol. The van der Waals surface area contributed by atoms with Gasteiger partial charge in [0.25, 0.3) is 5.56 Å². The number of benzene rings is 1. The lowest BCUT2D eigenvalue weighted by molar-refractivity contribution is -0.121. The molecule has 1 N–H and O–H groups in total. The zero-order valence-electron chi connectivity index (χ0n) is 11.1. The van der Waals surface area contributed by atoms with Crippen LogP contribution in [0.15, 0.2) is 35.4 Å². The molecule has 0 aliphatic heterocycles. The number of para-hydroxylation sites is 1. The molecule has 0 fully saturated rings. The largest absolute Gasteiger partial charge is 0.354 e. The lowest BCUT2D eigenvalue weighted by Gasteiger charge is -2.09. The van der Waals surface area contributed by atoms with Gasteiger partial charge in [0, 0.05) is 6.54 Å². The summed E-state index contributed by atoms with van der Waals surface area (Å²) in [7, 11) is 0. The van der Waals surface area contributed by atoms with Crippen molar-refractivity contribution in [3.8, 4) is 0 Å². The van der Waals surface area contributed by atoms with Crippen LogP contribution in [-0.2, 0) is 11.3 Å². The van der Waals surface area contributed by atoms with Gasteiger partial charge in [0.1, 0.15) is 6.54 Å². The molecule has 0 bridgehead atoms. The predicted octanol–water partition coefficient (Wildman–Crippen LogP) is 1.17. The van der Waals surface area contributed by atoms with Crippen LogP contribution in [0, 0.1) is 5.92 Å². The molecule has 0 radical (unpaired) electrons. The minimum absolute atomic E-state index is 0.00336. The average Bonchev–Trinajstić information content (AvgIpc) is 2.40. The summed E-state index contributed by atoms with van der Waals surface area (Å²) in [5, 5.41) is 3.31. The van der Waals surface area contributed by atoms with E-state index in [4.69, 9.17) is 0 Å². The maximum atomic E-state index is 12.1. The molecule has 0 aliphatic carbocycles. The van der Waals surface area contributed by atoms with Crippen molar-refractivity contribution >= 4 is 16.8 Å². The Bertz CT molecular complexity index is 646. The summed E-state index contributed by atoms with van der Waals surface area (Å²) in [5.41, 5.74) is 0.455. The number of hydrogen-bond donors (Lipinski definition) is 1. The topological polar surface area (TPSA) is 64.0 Å². The van der Waals surface area contributed by atoms with Gasteiger partial charge in [0.2, 0.25) is 5.91 Å². The molecule has 2 aromatic rings. The van der Waals surface area contributed by atoms with Gasteiger partial charge >= 0.3 is 0 Å². The summed E-state index contributed by atoms with van der Waals surface area (Å²) in [6.45, 7) is 4.64. The highest BCUT2D eigenvalue weighted by Crippen LogP contribution is 2.04. The highest BCUT2D eigenvalue weighted by atomic mass is 16.2. The van der Waals surface area contributed by atoms with Gasteiger partial charge in [0.15, 0.2) is 0 Å². The molecule has 0 saturated carbocycles. The van der Waals surface area contributed by atoms with Crippen LogP contribution in [0.5, 0.6) is 0 Å². The third-order valence-electron chi connectivity index (χ3n) is 2.75. The SMILES string of the molecule is CC(C)CNC(=O)Cn1cnc2ccccc2c1=O. The normalized spacial score (nSPS) is 10.9. The van der Waals surface area contributed by atoms with Gasteiger partial charge in [-0.3, -0.25) is 14.2 Å². The second-order valence-electron chi connectivity index (χ2n) is 4.89. The van der Waals surface area contributed by atoms with Gasteiger partial charge in [0.05, 0.1) is 17.2 Å². The van der Waals surface area contributed by atoms with E-state index in [1.165, 1.54) is 10.9 Å². The fourth-order valence-corrected chi connectivity index (χ4v) is 1.75. The number of aromatic nitrogens is 2. The Balaban J connectivity index is 2.20. The van der Waals surface area contributed by atoms with Gasteiger partial charge in [-0.15, -0.1) is 0 Å². The van der Waals surface area contributed by atoms with Crippen molar-refractivity contribution in [1.82, 2.24) is 14.9 Å². The van der Waals surface area contributed by atoms with Gasteiger partial charge in [-0.2, -0.15) is 0 Å². The highest BCUT2D eigenvalue weighted by Gasteiger charge is 2.07. The molecule has 0 aliphatic rings. The van der Waals surface area contributed by atoms with Crippen molar-refractivity contribution in [3.05, 3.63) is 40.9 Å². The van der Waals surface area contributed by atoms with Crippen molar-refractivity contribution in [3.63, 3.8) is 0 Å². The fraction of sp³-hybridized carbons (Fsp3) is 0.357. The quantitative estimate of drug-likeness (QED) is 0.896. The Morgan fingerprint density at radius 2 is 2.11 bits per heavy atom. The third-order valence-corrected chi connectivity index (χ3v) is 2.75. The summed E-state index contributed by atoms with van der Waals surface area (Å²) < 4.78 is 1.33. The van der Waals surface area contributed by atoms with E-state index in [0.29, 0.717) is 23.4 Å². The van der Waals surface area contributed by atoms with Crippen molar-refractivity contribution in [1.29, 1.82) is 0 Å². The summed E-state index contributed by atoms with van der Waals surface area (Å²) in [5.74, 6) is 0.211. The molecule has 1 amide bonds. The van der Waals surface area contributed by atoms with Gasteiger partial charge in [-0.05, 0) is 18.1 Å². The van der Waals surface area contributed by atoms with Crippen LogP contribution < -0.4 is 10.9 Å². The summed E-state index contributed by atoms with van der Waals surface area (Å²) in [6, 6.07) is 7.11. The van der Waals surface area contributed by atoms with Gasteiger partial charge < -0.3 is 5.32 Å². The van der Waals surface area contributed by atoms with Crippen molar-refractivity contribution < 1.29 is 4.79 Å². The second kappa shape index (κ2) is 5.65. The number of carbonyl (C=O) groups is 1. The van der Waals surface area contributed by atoms with E-state index in [1.807, 2.05) is 19.9 Å². The van der Waals surface area contributed by atoms with E-state index in [0.717, 1.165) is 0 Å². The highest BCUT2D eigenvalue weighted by molar-refractivity contribution is 5.78. The molecule has 0 atom stereocenters. The number of hydrogen-bond acceptors (Lipinski definition) is 3. The van der Waals surface area contributed by atoms with E-state index in [1.54, 1.807) is 18.2 Å². The summed E-state index contributed by atoms with van der Waals surface area (Å²) in [6.07, 6.45) is 1.42. The van der Waals surface area contributed by atoms with E-state index < -0.39 is 0 Å². The second-order valence-corrected chi connectivity index (χ2v) is 4.89. The number of amides is 1. The first kappa shape index (κ1) is 13.3. The van der Waals surface area contributed by atoms with Crippen molar-refractivity contribution in [2.75, 3.05) is 6.54 Å². The van der Waals surface area contributed by atoms with E-state index >= 15 is 0 Å². The van der Waals surface area contributed by atoms with Crippen LogP contribution in [-0.4, -0.2) is 22.0 Å². The zero-order chi connectivity index (χ0) is 13.8. The number of rotatable bonds is 4. The fourth-order valence-electron chi connectivity index (χ4n) is 1.75. The Hall–Kier alpha value is -2.17. The van der Waals surface area contributed by atoms with Crippen LogP contribution in [0.1, 0.15) is 13.8 Å². The molecule has 2 rings (SSSR count). The Kier molecular flexibility index (Phi) is 3.94. The summed E-state index contributed by atoms with van der Waals surface area (Å²) >= 11 is 0. The van der Waals surface area contributed by atoms with Crippen LogP contribution in [0.2, 0.25) is 0 Å². The number of nitrogens with one attached hydrogen (secondary N) is 1. The lowest BCUT2D eigenvalue weighted by Crippen LogP contribution is -2.34. The average molecular weight is 259 g/mol. The van der Waals surface area contributed by atoms with Gasteiger partial charge in [-0.25, -0.2) is 4.98 Å². The molecule has 1 aromatic heterocycles. The lowest BCUT2D eigenvalue weighted by atomic mass is 10.2. The maximum absolute atomic E-state index is 12.1. The van der Waals surface area contributed by atoms with E-state index in [2.05, 4.69) is 10.3 Å². The summed E-state index contributed by atoms with van der Waals surface area (Å²) in [4.78, 5) is 28.0. The first-order valence-electron chi connectivity index (χ1n) is 6.29. The minimum atomic E-state index is -0.190. The standard InChI is InChI=1S/C14H17N3O2/c1-10(2)7-15-13(18)8-17-9-16-12-6-4-3-5-11(12)14(17)19/h3-6,9-10H,7-8H2,1-2H3,(H,15,18). The van der Waals surface area contributed by atoms with Crippen LogP contribution >= 0.6 is 0 Å². The molecule has 1 aromatic carbocycles. The Labute approximate surface area is 111 Å². The smallest absolute Gasteiger partial charge is 0.261 e. The Morgan fingerprint density at radius 1 is 1.37 bits per heavy atom. The van der Waals surface area contributed by atoms with Crippen molar-refractivity contribution in [2.24, 2.45) is 5.92 Å². The first-order valence-corrected chi connectivity index (χ1v) is 6.29. The first-order chi connectivity index (χ1) is 9.08. The van der Waals surface area contributed by atoms with Gasteiger partial charge in [-0.1, -0.05) is 26.0 Å². The number of carbonyl (C=O) groups excluding carboxylic acids is 1. The Morgan fingerprint density at radius 3 is 2.84 bits per heavy atom. The maximum Gasteiger partial charge on any atom is 0.261 e. The number of fused-ring (bicyclic) bond motifs is 1. The zero-order valence-corrected chi connectivity index (χ0v) is 11.1. The molecular formula is C14H17N3O2. The third kappa shape index (κ3) is 3.19. The molecule has 0 unspecified atom stereocenters. The molecular weight excluding hydrogens is 242 g/mol. The molecule has 1 heterocycles. The van der Waals surface area contributed by atoms with Crippen LogP contribution in [0.25, 0.3) is 10.9 Å². The van der Waals surface area contributed by atoms with Crippen LogP contribution in [0.4, 0.5) is 0 Å². The van der Waals surface area contributed by atoms with E-state index in [9.17, 15) is 9.59 Å². The van der Waals surface area contributed by atoms with E-state index in [-0.39, 0.29) is 18.0 Å². The molecule has 5 heteroatoms. The molecule has 0 spiro atoms. The predicted molar refractivity (Wildman–Crippen MR) is 73.9 cm³/mol. The van der Waals surface area contributed by atoms with Crippen molar-refractivity contribution in [2.45, 2.75) is 20.4 Å². The molecule has 0 saturated heterocycles. The minimum Gasteiger partial charge on any atom is -0.354 e. The molecule has 19 heavy (non-hydrogen) atoms. The molecule has 5 nitrogen and oxygen atoms in total. The number of nitrogens with zero attached hydrogens (tertiary/aromatic N) is 2.